The highest BCUT2D eigenvalue weighted by Gasteiger charge is 2.30. The summed E-state index contributed by atoms with van der Waals surface area (Å²) in [6.45, 7) is -1.12. The zero-order valence-corrected chi connectivity index (χ0v) is 11.0. The molecule has 8 heteroatoms. The van der Waals surface area contributed by atoms with E-state index in [0.29, 0.717) is 4.47 Å². The number of anilines is 1. The van der Waals surface area contributed by atoms with Crippen molar-refractivity contribution in [2.24, 2.45) is 10.9 Å². The first kappa shape index (κ1) is 14.6. The van der Waals surface area contributed by atoms with Gasteiger partial charge in [0, 0.05) is 22.8 Å². The topological polar surface area (TPSA) is 61.8 Å². The lowest BCUT2D eigenvalue weighted by molar-refractivity contribution is -0.119. The first-order valence-electron chi connectivity index (χ1n) is 4.80. The smallest absolute Gasteiger partial charge is 0.405 e. The van der Waals surface area contributed by atoms with Crippen LogP contribution in [0.15, 0.2) is 27.8 Å². The molecule has 0 fully saturated rings. The van der Waals surface area contributed by atoms with Crippen LogP contribution in [0.1, 0.15) is 5.56 Å². The normalized spacial score (nSPS) is 12.6. The van der Waals surface area contributed by atoms with Crippen LogP contribution in [0.25, 0.3) is 0 Å². The quantitative estimate of drug-likeness (QED) is 0.388. The summed E-state index contributed by atoms with van der Waals surface area (Å²) in [4.78, 5) is 0.986. The molecule has 0 aliphatic heterocycles. The van der Waals surface area contributed by atoms with Gasteiger partial charge in [0.05, 0.1) is 0 Å². The van der Waals surface area contributed by atoms with Gasteiger partial charge in [-0.2, -0.15) is 13.2 Å². The molecule has 1 aromatic rings. The number of oxime groups is 1. The van der Waals surface area contributed by atoms with Crippen LogP contribution in [0, 0.1) is 0 Å². The fraction of sp³-hybridized carbons (Fsp3) is 0.300. The van der Waals surface area contributed by atoms with Gasteiger partial charge in [-0.05, 0) is 18.2 Å². The van der Waals surface area contributed by atoms with E-state index in [4.69, 9.17) is 10.9 Å². The molecular formula is C10H11BrF3N3O. The maximum atomic E-state index is 12.3. The third-order valence-electron chi connectivity index (χ3n) is 2.17. The van der Waals surface area contributed by atoms with Crippen LogP contribution >= 0.6 is 15.9 Å². The van der Waals surface area contributed by atoms with Gasteiger partial charge in [-0.15, -0.1) is 0 Å². The molecule has 18 heavy (non-hydrogen) atoms. The van der Waals surface area contributed by atoms with Gasteiger partial charge in [0.25, 0.3) is 0 Å². The molecule has 0 aliphatic rings. The molecule has 0 radical (unpaired) electrons. The number of benzene rings is 1. The molecule has 0 heterocycles. The Hall–Kier alpha value is -1.44. The molecule has 1 aromatic carbocycles. The van der Waals surface area contributed by atoms with E-state index in [2.05, 4.69) is 21.1 Å². The van der Waals surface area contributed by atoms with Gasteiger partial charge in [-0.3, -0.25) is 0 Å². The monoisotopic (exact) mass is 325 g/mol. The zero-order chi connectivity index (χ0) is 13.9. The van der Waals surface area contributed by atoms with E-state index in [0.717, 1.165) is 4.90 Å². The van der Waals surface area contributed by atoms with Crippen molar-refractivity contribution in [3.8, 4) is 0 Å². The molecule has 0 atom stereocenters. The van der Waals surface area contributed by atoms with E-state index in [1.807, 2.05) is 0 Å². The van der Waals surface area contributed by atoms with Crippen LogP contribution in [0.4, 0.5) is 18.9 Å². The standard InChI is InChI=1S/C10H11BrF3N3O/c1-17(5-10(12,13)14)8-3-2-6(11)4-7(8)9(15)16-18/h2-4,18H,5H2,1H3,(H2,15,16). The molecule has 4 nitrogen and oxygen atoms in total. The Morgan fingerprint density at radius 3 is 2.61 bits per heavy atom. The Kier molecular flexibility index (Phi) is 4.44. The molecule has 0 aliphatic carbocycles. The number of nitrogens with two attached hydrogens (primary N) is 1. The summed E-state index contributed by atoms with van der Waals surface area (Å²) in [6, 6.07) is 4.52. The summed E-state index contributed by atoms with van der Waals surface area (Å²) in [5, 5.41) is 11.4. The fourth-order valence-electron chi connectivity index (χ4n) is 1.45. The summed E-state index contributed by atoms with van der Waals surface area (Å²) in [5.74, 6) is -0.250. The van der Waals surface area contributed by atoms with Crippen LogP contribution in [0.3, 0.4) is 0 Å². The minimum absolute atomic E-state index is 0.221. The van der Waals surface area contributed by atoms with Gasteiger partial charge < -0.3 is 15.8 Å². The average Bonchev–Trinajstić information content (AvgIpc) is 2.25. The Balaban J connectivity index is 3.16. The molecular weight excluding hydrogens is 315 g/mol. The second-order valence-electron chi connectivity index (χ2n) is 3.62. The van der Waals surface area contributed by atoms with Gasteiger partial charge in [-0.1, -0.05) is 21.1 Å². The van der Waals surface area contributed by atoms with Crippen molar-refractivity contribution in [3.63, 3.8) is 0 Å². The van der Waals surface area contributed by atoms with Crippen molar-refractivity contribution >= 4 is 27.5 Å². The minimum Gasteiger partial charge on any atom is -0.409 e. The molecule has 0 aromatic heterocycles. The van der Waals surface area contributed by atoms with Gasteiger partial charge in [0.2, 0.25) is 0 Å². The van der Waals surface area contributed by atoms with Crippen LogP contribution < -0.4 is 10.6 Å². The number of nitrogens with zero attached hydrogens (tertiary/aromatic N) is 2. The van der Waals surface area contributed by atoms with Crippen LogP contribution in [-0.4, -0.2) is 30.8 Å². The Labute approximate surface area is 110 Å². The highest BCUT2D eigenvalue weighted by Crippen LogP contribution is 2.26. The van der Waals surface area contributed by atoms with Gasteiger partial charge in [-0.25, -0.2) is 0 Å². The molecule has 0 unspecified atom stereocenters. The zero-order valence-electron chi connectivity index (χ0n) is 9.37. The molecule has 3 N–H and O–H groups in total. The number of halogens is 4. The molecule has 0 spiro atoms. The molecule has 0 saturated carbocycles. The van der Waals surface area contributed by atoms with E-state index in [1.165, 1.54) is 19.2 Å². The summed E-state index contributed by atoms with van der Waals surface area (Å²) >= 11 is 3.17. The van der Waals surface area contributed by atoms with E-state index in [-0.39, 0.29) is 17.1 Å². The van der Waals surface area contributed by atoms with Crippen molar-refractivity contribution in [2.45, 2.75) is 6.18 Å². The van der Waals surface area contributed by atoms with E-state index in [9.17, 15) is 13.2 Å². The third kappa shape index (κ3) is 3.80. The van der Waals surface area contributed by atoms with Gasteiger partial charge in [0.1, 0.15) is 6.54 Å². The van der Waals surface area contributed by atoms with Crippen LogP contribution in [-0.2, 0) is 0 Å². The summed E-state index contributed by atoms with van der Waals surface area (Å²) < 4.78 is 37.6. The Bertz CT molecular complexity index is 462. The number of alkyl halides is 3. The predicted molar refractivity (Wildman–Crippen MR) is 66.0 cm³/mol. The Morgan fingerprint density at radius 1 is 1.50 bits per heavy atom. The van der Waals surface area contributed by atoms with Gasteiger partial charge in [0.15, 0.2) is 5.84 Å². The highest BCUT2D eigenvalue weighted by atomic mass is 79.9. The largest absolute Gasteiger partial charge is 0.409 e. The van der Waals surface area contributed by atoms with E-state index >= 15 is 0 Å². The maximum absolute atomic E-state index is 12.3. The molecule has 0 saturated heterocycles. The average molecular weight is 326 g/mol. The van der Waals surface area contributed by atoms with Crippen LogP contribution in [0.5, 0.6) is 0 Å². The van der Waals surface area contributed by atoms with E-state index in [1.54, 1.807) is 6.07 Å². The lowest BCUT2D eigenvalue weighted by Gasteiger charge is -2.23. The summed E-state index contributed by atoms with van der Waals surface area (Å²) in [6.07, 6.45) is -4.33. The van der Waals surface area contributed by atoms with Crippen molar-refractivity contribution in [3.05, 3.63) is 28.2 Å². The van der Waals surface area contributed by atoms with Crippen molar-refractivity contribution < 1.29 is 18.4 Å². The van der Waals surface area contributed by atoms with Crippen LogP contribution in [0.2, 0.25) is 0 Å². The second-order valence-corrected chi connectivity index (χ2v) is 4.53. The third-order valence-corrected chi connectivity index (χ3v) is 2.66. The molecule has 100 valence electrons. The molecule has 0 amide bonds. The van der Waals surface area contributed by atoms with Gasteiger partial charge >= 0.3 is 6.18 Å². The summed E-state index contributed by atoms with van der Waals surface area (Å²) in [7, 11) is 1.28. The second kappa shape index (κ2) is 5.47. The highest BCUT2D eigenvalue weighted by molar-refractivity contribution is 9.10. The lowest BCUT2D eigenvalue weighted by atomic mass is 10.1. The number of amidine groups is 1. The number of hydrogen-bond donors (Lipinski definition) is 2. The molecule has 1 rings (SSSR count). The number of hydrogen-bond acceptors (Lipinski definition) is 3. The predicted octanol–water partition coefficient (Wildman–Crippen LogP) is 2.54. The van der Waals surface area contributed by atoms with Crippen molar-refractivity contribution in [1.82, 2.24) is 0 Å². The summed E-state index contributed by atoms with van der Waals surface area (Å²) in [5.41, 5.74) is 5.89. The SMILES string of the molecule is CN(CC(F)(F)F)c1ccc(Br)cc1/C(N)=N/O. The molecule has 0 bridgehead atoms. The first-order chi connectivity index (χ1) is 8.24. The van der Waals surface area contributed by atoms with Crippen molar-refractivity contribution in [1.29, 1.82) is 0 Å². The first-order valence-corrected chi connectivity index (χ1v) is 5.59. The number of rotatable bonds is 3. The van der Waals surface area contributed by atoms with E-state index < -0.39 is 12.7 Å². The lowest BCUT2D eigenvalue weighted by Crippen LogP contribution is -2.32. The van der Waals surface area contributed by atoms with Crippen molar-refractivity contribution in [2.75, 3.05) is 18.5 Å². The minimum atomic E-state index is -4.33. The maximum Gasteiger partial charge on any atom is 0.405 e. The fourth-order valence-corrected chi connectivity index (χ4v) is 1.82. The Morgan fingerprint density at radius 2 is 2.11 bits per heavy atom.